The van der Waals surface area contributed by atoms with E-state index in [4.69, 9.17) is 0 Å². The smallest absolute Gasteiger partial charge is 0.222 e. The maximum atomic E-state index is 3.82. The van der Waals surface area contributed by atoms with Crippen LogP contribution in [-0.2, 0) is 0 Å². The van der Waals surface area contributed by atoms with Gasteiger partial charge in [0, 0.05) is 25.5 Å². The molecule has 0 aliphatic heterocycles. The number of hydrogen-bond acceptors (Lipinski definition) is 3. The highest BCUT2D eigenvalue weighted by atomic mass is 15.1. The third-order valence-electron chi connectivity index (χ3n) is 0.746. The zero-order valence-electron chi connectivity index (χ0n) is 4.55. The molecule has 0 saturated heterocycles. The van der Waals surface area contributed by atoms with Crippen molar-refractivity contribution in [1.29, 1.82) is 0 Å². The van der Waals surface area contributed by atoms with Gasteiger partial charge in [-0.25, -0.2) is 9.97 Å². The molecular formula is C5H6N3. The summed E-state index contributed by atoms with van der Waals surface area (Å²) in [6, 6.07) is 2.70. The molecule has 0 fully saturated rings. The summed E-state index contributed by atoms with van der Waals surface area (Å²) >= 11 is 0. The van der Waals surface area contributed by atoms with Crippen LogP contribution in [0.2, 0.25) is 0 Å². The van der Waals surface area contributed by atoms with Crippen LogP contribution in [0.1, 0.15) is 0 Å². The van der Waals surface area contributed by atoms with Gasteiger partial charge < -0.3 is 5.32 Å². The summed E-state index contributed by atoms with van der Waals surface area (Å²) < 4.78 is 0. The Bertz CT molecular complexity index is 149. The molecule has 0 unspecified atom stereocenters. The lowest BCUT2D eigenvalue weighted by Gasteiger charge is -1.91. The quantitative estimate of drug-likeness (QED) is 0.563. The molecule has 8 heavy (non-hydrogen) atoms. The first-order valence-electron chi connectivity index (χ1n) is 2.29. The van der Waals surface area contributed by atoms with Gasteiger partial charge in [-0.2, -0.15) is 0 Å². The standard InChI is InChI=1S/C5H6N3/c1-6-5-7-3-2-4-8-5/h3-4H,1H3,(H,6,7,8). The van der Waals surface area contributed by atoms with Crippen molar-refractivity contribution >= 4 is 5.95 Å². The van der Waals surface area contributed by atoms with E-state index < -0.39 is 0 Å². The van der Waals surface area contributed by atoms with E-state index in [0.29, 0.717) is 5.95 Å². The third-order valence-corrected chi connectivity index (χ3v) is 0.746. The topological polar surface area (TPSA) is 37.8 Å². The van der Waals surface area contributed by atoms with Gasteiger partial charge in [0.15, 0.2) is 0 Å². The van der Waals surface area contributed by atoms with Crippen molar-refractivity contribution in [1.82, 2.24) is 9.97 Å². The Labute approximate surface area is 47.8 Å². The molecule has 3 nitrogen and oxygen atoms in total. The molecule has 1 rings (SSSR count). The van der Waals surface area contributed by atoms with Crippen LogP contribution in [0.3, 0.4) is 0 Å². The lowest BCUT2D eigenvalue weighted by molar-refractivity contribution is 1.15. The van der Waals surface area contributed by atoms with Gasteiger partial charge in [-0.15, -0.1) is 0 Å². The molecule has 0 aliphatic carbocycles. The molecule has 0 amide bonds. The monoisotopic (exact) mass is 108 g/mol. The molecular weight excluding hydrogens is 102 g/mol. The van der Waals surface area contributed by atoms with E-state index in [0.717, 1.165) is 0 Å². The molecule has 0 bridgehead atoms. The number of hydrogen-bond donors (Lipinski definition) is 1. The maximum absolute atomic E-state index is 3.82. The van der Waals surface area contributed by atoms with E-state index in [1.54, 1.807) is 19.4 Å². The van der Waals surface area contributed by atoms with Crippen LogP contribution in [0.4, 0.5) is 5.95 Å². The van der Waals surface area contributed by atoms with Crippen LogP contribution < -0.4 is 5.32 Å². The lowest BCUT2D eigenvalue weighted by atomic mass is 10.7. The van der Waals surface area contributed by atoms with Crippen molar-refractivity contribution in [2.24, 2.45) is 0 Å². The average molecular weight is 108 g/mol. The molecule has 1 aromatic heterocycles. The van der Waals surface area contributed by atoms with Crippen LogP contribution in [-0.4, -0.2) is 17.0 Å². The first-order valence-corrected chi connectivity index (χ1v) is 2.29. The van der Waals surface area contributed by atoms with E-state index in [1.165, 1.54) is 0 Å². The predicted molar refractivity (Wildman–Crippen MR) is 30.4 cm³/mol. The van der Waals surface area contributed by atoms with Gasteiger partial charge >= 0.3 is 0 Å². The summed E-state index contributed by atoms with van der Waals surface area (Å²) in [5.74, 6) is 0.628. The Balaban J connectivity index is 2.83. The largest absolute Gasteiger partial charge is 0.357 e. The van der Waals surface area contributed by atoms with Crippen LogP contribution >= 0.6 is 0 Å². The summed E-state index contributed by atoms with van der Waals surface area (Å²) in [6.07, 6.45) is 3.14. The minimum absolute atomic E-state index is 0.628. The SMILES string of the molecule is CNc1nc[c]cn1. The second-order valence-corrected chi connectivity index (χ2v) is 1.26. The Hall–Kier alpha value is -1.12. The fraction of sp³-hybridized carbons (Fsp3) is 0.200. The van der Waals surface area contributed by atoms with E-state index in [1.807, 2.05) is 0 Å². The number of nitrogens with one attached hydrogen (secondary N) is 1. The Morgan fingerprint density at radius 1 is 1.50 bits per heavy atom. The van der Waals surface area contributed by atoms with Gasteiger partial charge in [-0.05, 0) is 0 Å². The zero-order valence-corrected chi connectivity index (χ0v) is 4.55. The summed E-state index contributed by atoms with van der Waals surface area (Å²) in [6.45, 7) is 0. The molecule has 0 saturated carbocycles. The van der Waals surface area contributed by atoms with Gasteiger partial charge in [0.25, 0.3) is 0 Å². The highest BCUT2D eigenvalue weighted by Gasteiger charge is 1.81. The summed E-state index contributed by atoms with van der Waals surface area (Å²) in [4.78, 5) is 7.64. The minimum Gasteiger partial charge on any atom is -0.357 e. The van der Waals surface area contributed by atoms with Crippen LogP contribution in [0.5, 0.6) is 0 Å². The normalized spacial score (nSPS) is 8.62. The van der Waals surface area contributed by atoms with E-state index >= 15 is 0 Å². The molecule has 0 aliphatic rings. The fourth-order valence-corrected chi connectivity index (χ4v) is 0.393. The number of nitrogens with zero attached hydrogens (tertiary/aromatic N) is 2. The minimum atomic E-state index is 0.628. The van der Waals surface area contributed by atoms with Crippen molar-refractivity contribution < 1.29 is 0 Å². The van der Waals surface area contributed by atoms with Crippen LogP contribution in [0.15, 0.2) is 12.4 Å². The molecule has 41 valence electrons. The Kier molecular flexibility index (Phi) is 1.42. The zero-order chi connectivity index (χ0) is 5.82. The summed E-state index contributed by atoms with van der Waals surface area (Å²) in [5.41, 5.74) is 0. The maximum Gasteiger partial charge on any atom is 0.222 e. The number of anilines is 1. The molecule has 3 heteroatoms. The van der Waals surface area contributed by atoms with Crippen LogP contribution in [0, 0.1) is 6.07 Å². The molecule has 1 heterocycles. The molecule has 0 spiro atoms. The Morgan fingerprint density at radius 3 is 2.50 bits per heavy atom. The van der Waals surface area contributed by atoms with Gasteiger partial charge in [0.1, 0.15) is 0 Å². The number of rotatable bonds is 1. The van der Waals surface area contributed by atoms with Crippen molar-refractivity contribution in [3.63, 3.8) is 0 Å². The summed E-state index contributed by atoms with van der Waals surface area (Å²) in [7, 11) is 1.77. The van der Waals surface area contributed by atoms with Gasteiger partial charge in [0.2, 0.25) is 5.95 Å². The van der Waals surface area contributed by atoms with E-state index in [9.17, 15) is 0 Å². The first kappa shape index (κ1) is 5.03. The first-order chi connectivity index (χ1) is 3.93. The van der Waals surface area contributed by atoms with Gasteiger partial charge in [-0.3, -0.25) is 0 Å². The van der Waals surface area contributed by atoms with E-state index in [2.05, 4.69) is 21.4 Å². The molecule has 1 radical (unpaired) electrons. The molecule has 0 aromatic carbocycles. The Morgan fingerprint density at radius 2 is 2.12 bits per heavy atom. The van der Waals surface area contributed by atoms with Gasteiger partial charge in [-0.1, -0.05) is 0 Å². The third kappa shape index (κ3) is 0.932. The van der Waals surface area contributed by atoms with Crippen LogP contribution in [0.25, 0.3) is 0 Å². The highest BCUT2D eigenvalue weighted by molar-refractivity contribution is 5.19. The van der Waals surface area contributed by atoms with Crippen molar-refractivity contribution in [3.8, 4) is 0 Å². The number of aromatic nitrogens is 2. The predicted octanol–water partition coefficient (Wildman–Crippen LogP) is 0.318. The summed E-state index contributed by atoms with van der Waals surface area (Å²) in [5, 5.41) is 2.78. The molecule has 0 atom stereocenters. The van der Waals surface area contributed by atoms with E-state index in [-0.39, 0.29) is 0 Å². The lowest BCUT2D eigenvalue weighted by Crippen LogP contribution is -1.92. The average Bonchev–Trinajstić information content (AvgIpc) is 1.90. The second kappa shape index (κ2) is 2.26. The molecule has 1 N–H and O–H groups in total. The second-order valence-electron chi connectivity index (χ2n) is 1.26. The van der Waals surface area contributed by atoms with Crippen molar-refractivity contribution in [2.45, 2.75) is 0 Å². The highest BCUT2D eigenvalue weighted by Crippen LogP contribution is 1.88. The molecule has 1 aromatic rings. The van der Waals surface area contributed by atoms with Crippen molar-refractivity contribution in [3.05, 3.63) is 18.5 Å². The van der Waals surface area contributed by atoms with Gasteiger partial charge in [0.05, 0.1) is 0 Å². The fourth-order valence-electron chi connectivity index (χ4n) is 0.393. The van der Waals surface area contributed by atoms with Crippen molar-refractivity contribution in [2.75, 3.05) is 12.4 Å².